The van der Waals surface area contributed by atoms with Crippen LogP contribution in [0.2, 0.25) is 5.02 Å². The summed E-state index contributed by atoms with van der Waals surface area (Å²) in [7, 11) is 0. The molecule has 0 atom stereocenters. The number of carbonyl (C=O) groups is 2. The third-order valence-corrected chi connectivity index (χ3v) is 4.16. The summed E-state index contributed by atoms with van der Waals surface area (Å²) in [6, 6.07) is 10.0. The molecule has 0 fully saturated rings. The SMILES string of the molecule is Cc1ccc(Cl)c(C(=O)Nc2ccc(CCNC(=O)NC(C)C)cc2)c1F. The molecule has 2 aromatic carbocycles. The van der Waals surface area contributed by atoms with Crippen molar-refractivity contribution in [2.75, 3.05) is 11.9 Å². The van der Waals surface area contributed by atoms with Gasteiger partial charge in [0.25, 0.3) is 5.91 Å². The lowest BCUT2D eigenvalue weighted by Gasteiger charge is -2.11. The number of carbonyl (C=O) groups excluding carboxylic acids is 2. The van der Waals surface area contributed by atoms with Gasteiger partial charge in [-0.05, 0) is 56.5 Å². The number of hydrogen-bond donors (Lipinski definition) is 3. The normalized spacial score (nSPS) is 10.6. The van der Waals surface area contributed by atoms with Gasteiger partial charge < -0.3 is 16.0 Å². The summed E-state index contributed by atoms with van der Waals surface area (Å²) >= 11 is 5.96. The molecule has 2 rings (SSSR count). The van der Waals surface area contributed by atoms with E-state index >= 15 is 0 Å². The zero-order chi connectivity index (χ0) is 20.0. The number of nitrogens with one attached hydrogen (secondary N) is 3. The van der Waals surface area contributed by atoms with Gasteiger partial charge in [0.05, 0.1) is 10.6 Å². The van der Waals surface area contributed by atoms with Gasteiger partial charge in [0.15, 0.2) is 0 Å². The van der Waals surface area contributed by atoms with Gasteiger partial charge in [-0.15, -0.1) is 0 Å². The highest BCUT2D eigenvalue weighted by atomic mass is 35.5. The molecule has 0 aromatic heterocycles. The number of hydrogen-bond acceptors (Lipinski definition) is 2. The van der Waals surface area contributed by atoms with Crippen LogP contribution in [0.4, 0.5) is 14.9 Å². The quantitative estimate of drug-likeness (QED) is 0.687. The van der Waals surface area contributed by atoms with E-state index in [0.29, 0.717) is 24.2 Å². The van der Waals surface area contributed by atoms with E-state index in [9.17, 15) is 14.0 Å². The Hall–Kier alpha value is -2.60. The summed E-state index contributed by atoms with van der Waals surface area (Å²) in [4.78, 5) is 23.9. The molecule has 3 amide bonds. The third-order valence-electron chi connectivity index (χ3n) is 3.84. The van der Waals surface area contributed by atoms with Gasteiger partial charge in [-0.1, -0.05) is 29.8 Å². The second-order valence-corrected chi connectivity index (χ2v) is 6.92. The van der Waals surface area contributed by atoms with Crippen LogP contribution in [0.3, 0.4) is 0 Å². The maximum absolute atomic E-state index is 14.2. The molecule has 27 heavy (non-hydrogen) atoms. The Labute approximate surface area is 163 Å². The van der Waals surface area contributed by atoms with E-state index in [1.54, 1.807) is 19.1 Å². The van der Waals surface area contributed by atoms with Crippen LogP contribution in [0.25, 0.3) is 0 Å². The summed E-state index contributed by atoms with van der Waals surface area (Å²) in [5.74, 6) is -1.22. The number of amides is 3. The summed E-state index contributed by atoms with van der Waals surface area (Å²) in [5.41, 5.74) is 1.72. The second kappa shape index (κ2) is 9.37. The highest BCUT2D eigenvalue weighted by molar-refractivity contribution is 6.34. The molecule has 0 aliphatic carbocycles. The molecule has 0 unspecified atom stereocenters. The number of aryl methyl sites for hydroxylation is 1. The molecule has 7 heteroatoms. The minimum atomic E-state index is -0.623. The highest BCUT2D eigenvalue weighted by Crippen LogP contribution is 2.23. The molecule has 3 N–H and O–H groups in total. The molecule has 0 spiro atoms. The largest absolute Gasteiger partial charge is 0.338 e. The first kappa shape index (κ1) is 20.7. The van der Waals surface area contributed by atoms with E-state index < -0.39 is 11.7 Å². The second-order valence-electron chi connectivity index (χ2n) is 6.51. The lowest BCUT2D eigenvalue weighted by Crippen LogP contribution is -2.40. The van der Waals surface area contributed by atoms with Crippen LogP contribution in [-0.2, 0) is 6.42 Å². The Balaban J connectivity index is 1.93. The molecule has 0 saturated carbocycles. The van der Waals surface area contributed by atoms with Gasteiger partial charge in [0.2, 0.25) is 0 Å². The highest BCUT2D eigenvalue weighted by Gasteiger charge is 2.18. The fourth-order valence-electron chi connectivity index (χ4n) is 2.45. The molecule has 0 saturated heterocycles. The Kier molecular flexibility index (Phi) is 7.19. The van der Waals surface area contributed by atoms with Crippen LogP contribution in [0.1, 0.15) is 35.3 Å². The predicted molar refractivity (Wildman–Crippen MR) is 106 cm³/mol. The topological polar surface area (TPSA) is 70.2 Å². The van der Waals surface area contributed by atoms with Crippen molar-refractivity contribution in [3.63, 3.8) is 0 Å². The molecule has 0 heterocycles. The van der Waals surface area contributed by atoms with Crippen LogP contribution in [0.5, 0.6) is 0 Å². The standard InChI is InChI=1S/C20H23ClFN3O2/c1-12(2)24-20(27)23-11-10-14-5-7-15(8-6-14)25-19(26)17-16(21)9-4-13(3)18(17)22/h4-9,12H,10-11H2,1-3H3,(H,25,26)(H2,23,24,27). The van der Waals surface area contributed by atoms with Crippen molar-refractivity contribution in [3.05, 3.63) is 63.9 Å². The molecule has 0 radical (unpaired) electrons. The summed E-state index contributed by atoms with van der Waals surface area (Å²) < 4.78 is 14.2. The molecule has 5 nitrogen and oxygen atoms in total. The van der Waals surface area contributed by atoms with Crippen LogP contribution >= 0.6 is 11.6 Å². The van der Waals surface area contributed by atoms with E-state index in [2.05, 4.69) is 16.0 Å². The number of anilines is 1. The minimum absolute atomic E-state index is 0.0676. The van der Waals surface area contributed by atoms with Crippen LogP contribution < -0.4 is 16.0 Å². The number of urea groups is 1. The van der Waals surface area contributed by atoms with Gasteiger partial charge in [-0.25, -0.2) is 9.18 Å². The summed E-state index contributed by atoms with van der Waals surface area (Å²) in [6.07, 6.45) is 0.651. The zero-order valence-electron chi connectivity index (χ0n) is 15.5. The number of benzene rings is 2. The maximum Gasteiger partial charge on any atom is 0.314 e. The average molecular weight is 392 g/mol. The number of rotatable bonds is 6. The van der Waals surface area contributed by atoms with Crippen molar-refractivity contribution in [1.82, 2.24) is 10.6 Å². The first-order valence-corrected chi connectivity index (χ1v) is 9.05. The summed E-state index contributed by atoms with van der Waals surface area (Å²) in [6.45, 7) is 5.85. The molecule has 144 valence electrons. The Bertz CT molecular complexity index is 823. The van der Waals surface area contributed by atoms with Gasteiger partial charge in [-0.2, -0.15) is 0 Å². The van der Waals surface area contributed by atoms with Crippen molar-refractivity contribution in [3.8, 4) is 0 Å². The van der Waals surface area contributed by atoms with E-state index in [1.165, 1.54) is 12.1 Å². The van der Waals surface area contributed by atoms with Crippen molar-refractivity contribution in [2.45, 2.75) is 33.2 Å². The van der Waals surface area contributed by atoms with Gasteiger partial charge in [-0.3, -0.25) is 4.79 Å². The van der Waals surface area contributed by atoms with Gasteiger partial charge >= 0.3 is 6.03 Å². The van der Waals surface area contributed by atoms with E-state index in [1.807, 2.05) is 26.0 Å². The Morgan fingerprint density at radius 3 is 2.41 bits per heavy atom. The monoisotopic (exact) mass is 391 g/mol. The first-order chi connectivity index (χ1) is 12.8. The van der Waals surface area contributed by atoms with E-state index in [-0.39, 0.29) is 22.7 Å². The molecular formula is C20H23ClFN3O2. The summed E-state index contributed by atoms with van der Waals surface area (Å²) in [5, 5.41) is 8.24. The van der Waals surface area contributed by atoms with Gasteiger partial charge in [0, 0.05) is 18.3 Å². The molecular weight excluding hydrogens is 369 g/mol. The van der Waals surface area contributed by atoms with Crippen molar-refractivity contribution >= 4 is 29.2 Å². The minimum Gasteiger partial charge on any atom is -0.338 e. The van der Waals surface area contributed by atoms with Crippen LogP contribution in [-0.4, -0.2) is 24.5 Å². The van der Waals surface area contributed by atoms with E-state index in [0.717, 1.165) is 5.56 Å². The van der Waals surface area contributed by atoms with E-state index in [4.69, 9.17) is 11.6 Å². The van der Waals surface area contributed by atoms with Crippen LogP contribution in [0.15, 0.2) is 36.4 Å². The Morgan fingerprint density at radius 2 is 1.78 bits per heavy atom. The average Bonchev–Trinajstić information content (AvgIpc) is 2.59. The third kappa shape index (κ3) is 5.96. The fraction of sp³-hybridized carbons (Fsp3) is 0.300. The first-order valence-electron chi connectivity index (χ1n) is 8.67. The van der Waals surface area contributed by atoms with Crippen molar-refractivity contribution in [1.29, 1.82) is 0 Å². The maximum atomic E-state index is 14.2. The molecule has 0 aliphatic rings. The lowest BCUT2D eigenvalue weighted by molar-refractivity contribution is 0.102. The fourth-order valence-corrected chi connectivity index (χ4v) is 2.68. The lowest BCUT2D eigenvalue weighted by atomic mass is 10.1. The molecule has 0 bridgehead atoms. The zero-order valence-corrected chi connectivity index (χ0v) is 16.3. The molecule has 0 aliphatic heterocycles. The smallest absolute Gasteiger partial charge is 0.314 e. The van der Waals surface area contributed by atoms with Gasteiger partial charge in [0.1, 0.15) is 5.82 Å². The number of halogens is 2. The van der Waals surface area contributed by atoms with Crippen LogP contribution in [0, 0.1) is 12.7 Å². The molecule has 2 aromatic rings. The Morgan fingerprint density at radius 1 is 1.11 bits per heavy atom. The predicted octanol–water partition coefficient (Wildman–Crippen LogP) is 4.29. The van der Waals surface area contributed by atoms with Crippen molar-refractivity contribution < 1.29 is 14.0 Å². The van der Waals surface area contributed by atoms with Crippen molar-refractivity contribution in [2.24, 2.45) is 0 Å².